The van der Waals surface area contributed by atoms with Crippen molar-refractivity contribution >= 4 is 23.3 Å². The first-order chi connectivity index (χ1) is 13.3. The molecule has 1 atom stereocenters. The lowest BCUT2D eigenvalue weighted by atomic mass is 10.2. The van der Waals surface area contributed by atoms with Gasteiger partial charge in [0.25, 0.3) is 5.91 Å². The number of carbonyl (C=O) groups is 2. The Kier molecular flexibility index (Phi) is 6.54. The zero-order valence-electron chi connectivity index (χ0n) is 15.8. The molecule has 148 valence electrons. The van der Waals surface area contributed by atoms with Gasteiger partial charge in [-0.15, -0.1) is 0 Å². The highest BCUT2D eigenvalue weighted by atomic mass is 16.6. The molecular formula is C19H20N2O7. The van der Waals surface area contributed by atoms with Gasteiger partial charge in [-0.25, -0.2) is 4.79 Å². The number of nitro groups is 1. The molecule has 0 radical (unpaired) electrons. The summed E-state index contributed by atoms with van der Waals surface area (Å²) in [7, 11) is 2.65. The average Bonchev–Trinajstić information content (AvgIpc) is 2.67. The number of esters is 1. The molecule has 0 aliphatic rings. The zero-order valence-corrected chi connectivity index (χ0v) is 15.8. The van der Waals surface area contributed by atoms with E-state index in [2.05, 4.69) is 10.1 Å². The molecule has 0 saturated carbocycles. The molecule has 2 aromatic carbocycles. The molecule has 0 aromatic heterocycles. The van der Waals surface area contributed by atoms with Crippen LogP contribution in [0.2, 0.25) is 0 Å². The Morgan fingerprint density at radius 3 is 2.39 bits per heavy atom. The first kappa shape index (κ1) is 20.7. The van der Waals surface area contributed by atoms with Gasteiger partial charge in [0.15, 0.2) is 11.9 Å². The standard InChI is InChI=1S/C19H20N2O7/c1-11-5-7-16(26-3)14(9-11)20-18(22)12(2)28-17-8-6-13(19(23)27-4)10-15(17)21(24)25/h5-10,12H,1-4H3,(H,20,22)/t12-/m1/s1. The fourth-order valence-corrected chi connectivity index (χ4v) is 2.40. The van der Waals surface area contributed by atoms with Crippen LogP contribution in [-0.2, 0) is 9.53 Å². The molecule has 0 spiro atoms. The smallest absolute Gasteiger partial charge is 0.338 e. The van der Waals surface area contributed by atoms with Crippen molar-refractivity contribution in [2.24, 2.45) is 0 Å². The molecule has 0 aliphatic carbocycles. The van der Waals surface area contributed by atoms with Gasteiger partial charge in [0.05, 0.1) is 30.4 Å². The van der Waals surface area contributed by atoms with Crippen LogP contribution in [0.3, 0.4) is 0 Å². The SMILES string of the molecule is COC(=O)c1ccc(O[C@H](C)C(=O)Nc2cc(C)ccc2OC)c([N+](=O)[O-])c1. The molecular weight excluding hydrogens is 368 g/mol. The predicted molar refractivity (Wildman–Crippen MR) is 101 cm³/mol. The number of benzene rings is 2. The first-order valence-corrected chi connectivity index (χ1v) is 8.25. The Hall–Kier alpha value is -3.62. The second-order valence-corrected chi connectivity index (χ2v) is 5.88. The lowest BCUT2D eigenvalue weighted by Gasteiger charge is -2.16. The van der Waals surface area contributed by atoms with E-state index in [0.29, 0.717) is 11.4 Å². The maximum atomic E-state index is 12.5. The lowest BCUT2D eigenvalue weighted by molar-refractivity contribution is -0.386. The van der Waals surface area contributed by atoms with Gasteiger partial charge in [0, 0.05) is 6.07 Å². The molecule has 0 fully saturated rings. The molecule has 1 amide bonds. The van der Waals surface area contributed by atoms with Crippen LogP contribution in [0.15, 0.2) is 36.4 Å². The topological polar surface area (TPSA) is 117 Å². The summed E-state index contributed by atoms with van der Waals surface area (Å²) in [6, 6.07) is 8.89. The van der Waals surface area contributed by atoms with Crippen LogP contribution >= 0.6 is 0 Å². The third kappa shape index (κ3) is 4.76. The number of hydrogen-bond donors (Lipinski definition) is 1. The largest absolute Gasteiger partial charge is 0.495 e. The van der Waals surface area contributed by atoms with Crippen LogP contribution < -0.4 is 14.8 Å². The third-order valence-corrected chi connectivity index (χ3v) is 3.86. The van der Waals surface area contributed by atoms with Crippen molar-refractivity contribution in [2.45, 2.75) is 20.0 Å². The van der Waals surface area contributed by atoms with Crippen molar-refractivity contribution in [1.82, 2.24) is 0 Å². The van der Waals surface area contributed by atoms with Crippen LogP contribution in [0.4, 0.5) is 11.4 Å². The van der Waals surface area contributed by atoms with E-state index in [4.69, 9.17) is 9.47 Å². The molecule has 0 unspecified atom stereocenters. The number of carbonyl (C=O) groups excluding carboxylic acids is 2. The van der Waals surface area contributed by atoms with Gasteiger partial charge in [-0.05, 0) is 43.7 Å². The second-order valence-electron chi connectivity index (χ2n) is 5.88. The van der Waals surface area contributed by atoms with E-state index in [1.54, 1.807) is 12.1 Å². The van der Waals surface area contributed by atoms with E-state index < -0.39 is 28.6 Å². The Balaban J connectivity index is 2.21. The summed E-state index contributed by atoms with van der Waals surface area (Å²) in [5.41, 5.74) is 0.927. The summed E-state index contributed by atoms with van der Waals surface area (Å²) >= 11 is 0. The number of hydrogen-bond acceptors (Lipinski definition) is 7. The maximum Gasteiger partial charge on any atom is 0.338 e. The Morgan fingerprint density at radius 2 is 1.79 bits per heavy atom. The molecule has 2 aromatic rings. The molecule has 9 nitrogen and oxygen atoms in total. The van der Waals surface area contributed by atoms with Crippen molar-refractivity contribution in [3.63, 3.8) is 0 Å². The van der Waals surface area contributed by atoms with E-state index in [1.165, 1.54) is 33.3 Å². The number of aryl methyl sites for hydroxylation is 1. The van der Waals surface area contributed by atoms with Crippen LogP contribution in [0.5, 0.6) is 11.5 Å². The predicted octanol–water partition coefficient (Wildman–Crippen LogP) is 3.10. The molecule has 28 heavy (non-hydrogen) atoms. The molecule has 2 rings (SSSR count). The Bertz CT molecular complexity index is 911. The number of methoxy groups -OCH3 is 2. The molecule has 1 N–H and O–H groups in total. The van der Waals surface area contributed by atoms with E-state index >= 15 is 0 Å². The van der Waals surface area contributed by atoms with Gasteiger partial charge in [-0.1, -0.05) is 6.07 Å². The summed E-state index contributed by atoms with van der Waals surface area (Å²) < 4.78 is 15.2. The van der Waals surface area contributed by atoms with Crippen LogP contribution in [0.25, 0.3) is 0 Å². The molecule has 0 aliphatic heterocycles. The quantitative estimate of drug-likeness (QED) is 0.440. The van der Waals surface area contributed by atoms with Gasteiger partial charge < -0.3 is 19.5 Å². The summed E-state index contributed by atoms with van der Waals surface area (Å²) in [5, 5.41) is 14.0. The van der Waals surface area contributed by atoms with E-state index in [-0.39, 0.29) is 11.3 Å². The maximum absolute atomic E-state index is 12.5. The van der Waals surface area contributed by atoms with Crippen molar-refractivity contribution in [2.75, 3.05) is 19.5 Å². The fourth-order valence-electron chi connectivity index (χ4n) is 2.40. The number of nitrogens with zero attached hydrogens (tertiary/aromatic N) is 1. The summed E-state index contributed by atoms with van der Waals surface area (Å²) in [5.74, 6) is -0.904. The average molecular weight is 388 g/mol. The summed E-state index contributed by atoms with van der Waals surface area (Å²) in [6.45, 7) is 3.32. The normalized spacial score (nSPS) is 11.3. The number of amides is 1. The van der Waals surface area contributed by atoms with Crippen LogP contribution in [0.1, 0.15) is 22.8 Å². The highest BCUT2D eigenvalue weighted by molar-refractivity contribution is 5.95. The van der Waals surface area contributed by atoms with Gasteiger partial charge in [0.2, 0.25) is 0 Å². The highest BCUT2D eigenvalue weighted by Gasteiger charge is 2.24. The third-order valence-electron chi connectivity index (χ3n) is 3.86. The molecule has 9 heteroatoms. The molecule has 0 bridgehead atoms. The van der Waals surface area contributed by atoms with Gasteiger partial charge in [-0.2, -0.15) is 0 Å². The number of rotatable bonds is 7. The van der Waals surface area contributed by atoms with Crippen LogP contribution in [-0.4, -0.2) is 37.1 Å². The van der Waals surface area contributed by atoms with Crippen molar-refractivity contribution < 1.29 is 28.7 Å². The minimum absolute atomic E-state index is 0.00292. The van der Waals surface area contributed by atoms with E-state index in [1.807, 2.05) is 13.0 Å². The van der Waals surface area contributed by atoms with Gasteiger partial charge >= 0.3 is 11.7 Å². The zero-order chi connectivity index (χ0) is 20.8. The van der Waals surface area contributed by atoms with Crippen molar-refractivity contribution in [1.29, 1.82) is 0 Å². The van der Waals surface area contributed by atoms with Crippen molar-refractivity contribution in [3.05, 3.63) is 57.6 Å². The minimum atomic E-state index is -1.05. The number of anilines is 1. The van der Waals surface area contributed by atoms with Crippen LogP contribution in [0, 0.1) is 17.0 Å². The number of nitrogens with one attached hydrogen (secondary N) is 1. The monoisotopic (exact) mass is 388 g/mol. The highest BCUT2D eigenvalue weighted by Crippen LogP contribution is 2.30. The number of ether oxygens (including phenoxy) is 3. The lowest BCUT2D eigenvalue weighted by Crippen LogP contribution is -2.30. The first-order valence-electron chi connectivity index (χ1n) is 8.25. The molecule has 0 heterocycles. The Morgan fingerprint density at radius 1 is 1.11 bits per heavy atom. The van der Waals surface area contributed by atoms with E-state index in [0.717, 1.165) is 11.6 Å². The summed E-state index contributed by atoms with van der Waals surface area (Å²) in [6.07, 6.45) is -1.05. The summed E-state index contributed by atoms with van der Waals surface area (Å²) in [4.78, 5) is 34.6. The molecule has 0 saturated heterocycles. The minimum Gasteiger partial charge on any atom is -0.495 e. The fraction of sp³-hybridized carbons (Fsp3) is 0.263. The van der Waals surface area contributed by atoms with E-state index in [9.17, 15) is 19.7 Å². The number of nitro benzene ring substituents is 1. The second kappa shape index (κ2) is 8.85. The van der Waals surface area contributed by atoms with Crippen molar-refractivity contribution in [3.8, 4) is 11.5 Å². The van der Waals surface area contributed by atoms with Gasteiger partial charge in [0.1, 0.15) is 5.75 Å². The van der Waals surface area contributed by atoms with Gasteiger partial charge in [-0.3, -0.25) is 14.9 Å². The Labute approximate surface area is 161 Å².